The fraction of sp³-hybridized carbons (Fsp3) is 0.533. The molecule has 0 saturated carbocycles. The monoisotopic (exact) mass is 319 g/mol. The highest BCUT2D eigenvalue weighted by Crippen LogP contribution is 2.21. The van der Waals surface area contributed by atoms with Crippen LogP contribution < -0.4 is 10.6 Å². The van der Waals surface area contributed by atoms with Gasteiger partial charge in [-0.1, -0.05) is 6.92 Å². The van der Waals surface area contributed by atoms with Crippen LogP contribution in [0.5, 0.6) is 0 Å². The lowest BCUT2D eigenvalue weighted by Gasteiger charge is -2.22. The molecule has 0 aromatic carbocycles. The fourth-order valence-electron chi connectivity index (χ4n) is 2.68. The molecule has 1 aliphatic heterocycles. The molecule has 1 atom stereocenters. The smallest absolute Gasteiger partial charge is 0.243 e. The molecule has 0 spiro atoms. The molecule has 0 bridgehead atoms. The molecule has 6 nitrogen and oxygen atoms in total. The number of imidazole rings is 1. The van der Waals surface area contributed by atoms with Crippen molar-refractivity contribution in [3.63, 3.8) is 0 Å². The Hall–Kier alpha value is -1.73. The first kappa shape index (κ1) is 15.2. The zero-order valence-corrected chi connectivity index (χ0v) is 13.7. The third-order valence-corrected chi connectivity index (χ3v) is 5.05. The van der Waals surface area contributed by atoms with Gasteiger partial charge in [-0.25, -0.2) is 9.97 Å². The highest BCUT2D eigenvalue weighted by molar-refractivity contribution is 7.11. The number of nitrogens with one attached hydrogen (secondary N) is 3. The molecule has 1 amide bonds. The minimum Gasteiger partial charge on any atom is -0.349 e. The van der Waals surface area contributed by atoms with Gasteiger partial charge < -0.3 is 15.6 Å². The van der Waals surface area contributed by atoms with Gasteiger partial charge in [0.25, 0.3) is 0 Å². The summed E-state index contributed by atoms with van der Waals surface area (Å²) >= 11 is 1.69. The quantitative estimate of drug-likeness (QED) is 0.782. The van der Waals surface area contributed by atoms with E-state index in [0.29, 0.717) is 6.54 Å². The molecule has 3 heterocycles. The maximum atomic E-state index is 12.4. The molecule has 3 rings (SSSR count). The summed E-state index contributed by atoms with van der Waals surface area (Å²) in [7, 11) is 0. The van der Waals surface area contributed by atoms with E-state index in [1.807, 2.05) is 6.92 Å². The Bertz CT molecular complexity index is 663. The summed E-state index contributed by atoms with van der Waals surface area (Å²) in [5.74, 6) is -0.0297. The van der Waals surface area contributed by atoms with Crippen LogP contribution in [0.2, 0.25) is 0 Å². The van der Waals surface area contributed by atoms with E-state index in [1.54, 1.807) is 17.7 Å². The molecule has 22 heavy (non-hydrogen) atoms. The van der Waals surface area contributed by atoms with Crippen molar-refractivity contribution in [1.82, 2.24) is 25.6 Å². The predicted molar refractivity (Wildman–Crippen MR) is 85.7 cm³/mol. The van der Waals surface area contributed by atoms with E-state index in [2.05, 4.69) is 32.5 Å². The number of H-pyrrole nitrogens is 1. The van der Waals surface area contributed by atoms with E-state index in [-0.39, 0.29) is 11.9 Å². The highest BCUT2D eigenvalue weighted by Gasteiger charge is 2.28. The summed E-state index contributed by atoms with van der Waals surface area (Å²) in [5, 5.41) is 7.39. The second-order valence-corrected chi connectivity index (χ2v) is 6.66. The fourth-order valence-corrected chi connectivity index (χ4v) is 3.79. The number of nitrogens with zero attached hydrogens (tertiary/aromatic N) is 2. The molecule has 7 heteroatoms. The molecule has 0 radical (unpaired) electrons. The van der Waals surface area contributed by atoms with Crippen LogP contribution in [0.3, 0.4) is 0 Å². The lowest BCUT2D eigenvalue weighted by molar-refractivity contribution is -0.123. The molecule has 2 aromatic rings. The number of thiazole rings is 1. The summed E-state index contributed by atoms with van der Waals surface area (Å²) in [4.78, 5) is 25.5. The number of carbonyl (C=O) groups is 1. The van der Waals surface area contributed by atoms with E-state index in [4.69, 9.17) is 0 Å². The van der Waals surface area contributed by atoms with Crippen LogP contribution in [-0.4, -0.2) is 27.4 Å². The predicted octanol–water partition coefficient (Wildman–Crippen LogP) is 1.63. The van der Waals surface area contributed by atoms with Gasteiger partial charge in [-0.05, 0) is 19.8 Å². The molecule has 0 aliphatic carbocycles. The van der Waals surface area contributed by atoms with Gasteiger partial charge >= 0.3 is 0 Å². The highest BCUT2D eigenvalue weighted by atomic mass is 32.1. The van der Waals surface area contributed by atoms with E-state index in [1.165, 1.54) is 0 Å². The molecular formula is C15H21N5OS. The van der Waals surface area contributed by atoms with Crippen LogP contribution in [0, 0.1) is 6.92 Å². The molecule has 0 unspecified atom stereocenters. The number of hydrogen-bond acceptors (Lipinski definition) is 5. The zero-order chi connectivity index (χ0) is 15.5. The summed E-state index contributed by atoms with van der Waals surface area (Å²) in [5.41, 5.74) is 2.89. The van der Waals surface area contributed by atoms with Crippen molar-refractivity contribution in [3.05, 3.63) is 33.3 Å². The number of hydrogen-bond donors (Lipinski definition) is 3. The van der Waals surface area contributed by atoms with Crippen molar-refractivity contribution >= 4 is 17.2 Å². The Morgan fingerprint density at radius 1 is 1.55 bits per heavy atom. The summed E-state index contributed by atoms with van der Waals surface area (Å²) < 4.78 is 0. The number of aromatic amines is 1. The standard InChI is InChI=1S/C15H21N5OS/c1-3-4-12-20-9(2)11(22-12)7-17-15(21)14-13-10(5-6-16-14)18-8-19-13/h8,14,16H,3-7H2,1-2H3,(H,17,21)(H,18,19)/t14-/m1/s1. The normalized spacial score (nSPS) is 17.3. The minimum absolute atomic E-state index is 0.0297. The summed E-state index contributed by atoms with van der Waals surface area (Å²) in [6.07, 6.45) is 4.63. The van der Waals surface area contributed by atoms with Crippen molar-refractivity contribution in [1.29, 1.82) is 0 Å². The first-order valence-electron chi connectivity index (χ1n) is 7.67. The second kappa shape index (κ2) is 6.58. The van der Waals surface area contributed by atoms with Crippen LogP contribution in [0.15, 0.2) is 6.33 Å². The first-order valence-corrected chi connectivity index (χ1v) is 8.49. The Labute approximate surface area is 133 Å². The second-order valence-electron chi connectivity index (χ2n) is 5.49. The SMILES string of the molecule is CCCc1nc(C)c(CNC(=O)[C@@H]2NCCc3[nH]cnc32)s1. The van der Waals surface area contributed by atoms with Crippen molar-refractivity contribution in [2.75, 3.05) is 6.54 Å². The molecule has 3 N–H and O–H groups in total. The van der Waals surface area contributed by atoms with Crippen LogP contribution in [0.25, 0.3) is 0 Å². The van der Waals surface area contributed by atoms with E-state index >= 15 is 0 Å². The van der Waals surface area contributed by atoms with Crippen molar-refractivity contribution < 1.29 is 4.79 Å². The zero-order valence-electron chi connectivity index (χ0n) is 12.9. The van der Waals surface area contributed by atoms with Gasteiger partial charge in [-0.2, -0.15) is 0 Å². The Kier molecular flexibility index (Phi) is 4.54. The minimum atomic E-state index is -0.363. The molecule has 118 valence electrons. The summed E-state index contributed by atoms with van der Waals surface area (Å²) in [6, 6.07) is -0.363. The van der Waals surface area contributed by atoms with E-state index in [9.17, 15) is 4.79 Å². The van der Waals surface area contributed by atoms with Crippen molar-refractivity contribution in [2.45, 2.75) is 45.7 Å². The lowest BCUT2D eigenvalue weighted by atomic mass is 10.1. The summed E-state index contributed by atoms with van der Waals surface area (Å²) in [6.45, 7) is 5.47. The average Bonchev–Trinajstić information content (AvgIpc) is 3.11. The third-order valence-electron chi connectivity index (χ3n) is 3.83. The molecule has 0 saturated heterocycles. The Morgan fingerprint density at radius 3 is 3.23 bits per heavy atom. The van der Waals surface area contributed by atoms with Gasteiger partial charge in [0, 0.05) is 23.5 Å². The number of amides is 1. The van der Waals surface area contributed by atoms with Gasteiger partial charge in [0.15, 0.2) is 0 Å². The van der Waals surface area contributed by atoms with Crippen LogP contribution in [-0.2, 0) is 24.2 Å². The molecule has 2 aromatic heterocycles. The number of carbonyl (C=O) groups excluding carboxylic acids is 1. The van der Waals surface area contributed by atoms with Crippen LogP contribution in [0.1, 0.15) is 46.4 Å². The number of rotatable bonds is 5. The largest absolute Gasteiger partial charge is 0.349 e. The molecule has 0 fully saturated rings. The number of aryl methyl sites for hydroxylation is 2. The Balaban J connectivity index is 1.64. The Morgan fingerprint density at radius 2 is 2.41 bits per heavy atom. The van der Waals surface area contributed by atoms with E-state index in [0.717, 1.165) is 52.8 Å². The van der Waals surface area contributed by atoms with Gasteiger partial charge in [0.1, 0.15) is 6.04 Å². The lowest BCUT2D eigenvalue weighted by Crippen LogP contribution is -2.41. The maximum Gasteiger partial charge on any atom is 0.243 e. The van der Waals surface area contributed by atoms with Gasteiger partial charge in [0.05, 0.1) is 29.3 Å². The number of aromatic nitrogens is 3. The number of fused-ring (bicyclic) bond motifs is 1. The van der Waals surface area contributed by atoms with Crippen molar-refractivity contribution in [2.24, 2.45) is 0 Å². The van der Waals surface area contributed by atoms with Crippen LogP contribution in [0.4, 0.5) is 0 Å². The van der Waals surface area contributed by atoms with Gasteiger partial charge in [-0.3, -0.25) is 4.79 Å². The van der Waals surface area contributed by atoms with Crippen molar-refractivity contribution in [3.8, 4) is 0 Å². The topological polar surface area (TPSA) is 82.7 Å². The molecule has 1 aliphatic rings. The third kappa shape index (κ3) is 3.05. The average molecular weight is 319 g/mol. The van der Waals surface area contributed by atoms with Gasteiger partial charge in [-0.15, -0.1) is 11.3 Å². The van der Waals surface area contributed by atoms with Gasteiger partial charge in [0.2, 0.25) is 5.91 Å². The van der Waals surface area contributed by atoms with E-state index < -0.39 is 0 Å². The molecular weight excluding hydrogens is 298 g/mol. The maximum absolute atomic E-state index is 12.4. The van der Waals surface area contributed by atoms with Crippen LogP contribution >= 0.6 is 11.3 Å². The first-order chi connectivity index (χ1) is 10.7.